The molecular formula is C16H30O3. The number of carboxylic acid groups (broad SMARTS) is 1. The molecule has 0 saturated heterocycles. The lowest BCUT2D eigenvalue weighted by molar-refractivity contribution is -0.154. The van der Waals surface area contributed by atoms with Crippen LogP contribution in [-0.4, -0.2) is 24.3 Å². The van der Waals surface area contributed by atoms with Crippen molar-refractivity contribution in [2.75, 3.05) is 13.2 Å². The molecule has 0 aliphatic heterocycles. The van der Waals surface area contributed by atoms with Crippen LogP contribution in [0.5, 0.6) is 0 Å². The molecule has 1 saturated carbocycles. The van der Waals surface area contributed by atoms with Gasteiger partial charge in [-0.05, 0) is 49.9 Å². The zero-order chi connectivity index (χ0) is 14.5. The molecule has 0 bridgehead atoms. The molecular weight excluding hydrogens is 240 g/mol. The SMILES string of the molecule is CCCOCCC1(C(=O)O)CCC(C(C)(C)C)CC1. The molecule has 1 N–H and O–H groups in total. The van der Waals surface area contributed by atoms with Gasteiger partial charge in [0.2, 0.25) is 0 Å². The van der Waals surface area contributed by atoms with E-state index in [0.29, 0.717) is 24.4 Å². The summed E-state index contributed by atoms with van der Waals surface area (Å²) in [6.07, 6.45) is 5.33. The van der Waals surface area contributed by atoms with E-state index < -0.39 is 11.4 Å². The molecule has 0 aromatic heterocycles. The summed E-state index contributed by atoms with van der Waals surface area (Å²) in [5, 5.41) is 9.58. The van der Waals surface area contributed by atoms with Gasteiger partial charge in [0.1, 0.15) is 0 Å². The van der Waals surface area contributed by atoms with Gasteiger partial charge in [0.15, 0.2) is 0 Å². The van der Waals surface area contributed by atoms with Crippen LogP contribution in [0.2, 0.25) is 0 Å². The Kier molecular flexibility index (Phi) is 5.84. The molecule has 1 rings (SSSR count). The predicted octanol–water partition coefficient (Wildman–Crippen LogP) is 4.11. The lowest BCUT2D eigenvalue weighted by Gasteiger charge is -2.41. The Balaban J connectivity index is 2.54. The number of aliphatic carboxylic acids is 1. The number of rotatable bonds is 6. The summed E-state index contributed by atoms with van der Waals surface area (Å²) < 4.78 is 5.49. The Bertz CT molecular complexity index is 283. The Labute approximate surface area is 117 Å². The Morgan fingerprint density at radius 3 is 2.26 bits per heavy atom. The molecule has 0 aromatic rings. The van der Waals surface area contributed by atoms with Crippen LogP contribution in [0.25, 0.3) is 0 Å². The van der Waals surface area contributed by atoms with Crippen LogP contribution in [0.1, 0.15) is 66.2 Å². The van der Waals surface area contributed by atoms with E-state index in [0.717, 1.165) is 38.7 Å². The van der Waals surface area contributed by atoms with E-state index in [1.165, 1.54) is 0 Å². The highest BCUT2D eigenvalue weighted by Gasteiger charge is 2.43. The molecule has 1 aliphatic carbocycles. The maximum Gasteiger partial charge on any atom is 0.309 e. The average molecular weight is 270 g/mol. The monoisotopic (exact) mass is 270 g/mol. The summed E-state index contributed by atoms with van der Waals surface area (Å²) in [5.41, 5.74) is -0.237. The zero-order valence-electron chi connectivity index (χ0n) is 13.0. The van der Waals surface area contributed by atoms with Crippen LogP contribution in [0.15, 0.2) is 0 Å². The first-order chi connectivity index (χ1) is 8.82. The molecule has 3 nitrogen and oxygen atoms in total. The third-order valence-corrected chi connectivity index (χ3v) is 4.69. The normalized spacial score (nSPS) is 28.3. The van der Waals surface area contributed by atoms with Crippen molar-refractivity contribution in [2.45, 2.75) is 66.2 Å². The van der Waals surface area contributed by atoms with Crippen molar-refractivity contribution in [3.05, 3.63) is 0 Å². The largest absolute Gasteiger partial charge is 0.481 e. The molecule has 19 heavy (non-hydrogen) atoms. The van der Waals surface area contributed by atoms with Gasteiger partial charge in [0.25, 0.3) is 0 Å². The Morgan fingerprint density at radius 2 is 1.84 bits per heavy atom. The quantitative estimate of drug-likeness (QED) is 0.739. The van der Waals surface area contributed by atoms with Gasteiger partial charge in [-0.25, -0.2) is 0 Å². The number of carboxylic acids is 1. The Hall–Kier alpha value is -0.570. The lowest BCUT2D eigenvalue weighted by Crippen LogP contribution is -2.39. The third-order valence-electron chi connectivity index (χ3n) is 4.69. The second kappa shape index (κ2) is 6.74. The van der Waals surface area contributed by atoms with E-state index in [9.17, 15) is 9.90 Å². The number of hydrogen-bond donors (Lipinski definition) is 1. The summed E-state index contributed by atoms with van der Waals surface area (Å²) in [4.78, 5) is 11.6. The minimum atomic E-state index is -0.625. The van der Waals surface area contributed by atoms with Crippen molar-refractivity contribution in [2.24, 2.45) is 16.7 Å². The van der Waals surface area contributed by atoms with Gasteiger partial charge in [0.05, 0.1) is 5.41 Å². The molecule has 0 radical (unpaired) electrons. The highest BCUT2D eigenvalue weighted by atomic mass is 16.5. The summed E-state index contributed by atoms with van der Waals surface area (Å²) in [6.45, 7) is 10.2. The van der Waals surface area contributed by atoms with Crippen LogP contribution in [0, 0.1) is 16.7 Å². The first kappa shape index (κ1) is 16.5. The van der Waals surface area contributed by atoms with Gasteiger partial charge < -0.3 is 9.84 Å². The van der Waals surface area contributed by atoms with Gasteiger partial charge in [-0.1, -0.05) is 27.7 Å². The first-order valence-corrected chi connectivity index (χ1v) is 7.63. The van der Waals surface area contributed by atoms with Crippen molar-refractivity contribution in [1.29, 1.82) is 0 Å². The smallest absolute Gasteiger partial charge is 0.309 e. The van der Waals surface area contributed by atoms with Gasteiger partial charge in [-0.2, -0.15) is 0 Å². The maximum absolute atomic E-state index is 11.6. The van der Waals surface area contributed by atoms with Crippen molar-refractivity contribution in [3.8, 4) is 0 Å². The second-order valence-electron chi connectivity index (χ2n) is 7.09. The Morgan fingerprint density at radius 1 is 1.26 bits per heavy atom. The fraction of sp³-hybridized carbons (Fsp3) is 0.938. The molecule has 0 amide bonds. The molecule has 112 valence electrons. The van der Waals surface area contributed by atoms with Crippen LogP contribution >= 0.6 is 0 Å². The summed E-state index contributed by atoms with van der Waals surface area (Å²) >= 11 is 0. The molecule has 0 aromatic carbocycles. The van der Waals surface area contributed by atoms with Crippen LogP contribution in [0.3, 0.4) is 0 Å². The highest BCUT2D eigenvalue weighted by molar-refractivity contribution is 5.74. The van der Waals surface area contributed by atoms with E-state index >= 15 is 0 Å². The maximum atomic E-state index is 11.6. The van der Waals surface area contributed by atoms with Gasteiger partial charge in [-0.15, -0.1) is 0 Å². The predicted molar refractivity (Wildman–Crippen MR) is 77.2 cm³/mol. The van der Waals surface area contributed by atoms with Crippen molar-refractivity contribution in [1.82, 2.24) is 0 Å². The van der Waals surface area contributed by atoms with Crippen molar-refractivity contribution in [3.63, 3.8) is 0 Å². The van der Waals surface area contributed by atoms with E-state index in [2.05, 4.69) is 27.7 Å². The average Bonchev–Trinajstić information content (AvgIpc) is 2.34. The molecule has 0 heterocycles. The molecule has 3 heteroatoms. The van der Waals surface area contributed by atoms with Gasteiger partial charge >= 0.3 is 5.97 Å². The molecule has 0 unspecified atom stereocenters. The summed E-state index contributed by atoms with van der Waals surface area (Å²) in [5.74, 6) is 0.0245. The van der Waals surface area contributed by atoms with Crippen molar-refractivity contribution < 1.29 is 14.6 Å². The molecule has 0 atom stereocenters. The zero-order valence-corrected chi connectivity index (χ0v) is 13.0. The standard InChI is InChI=1S/C16H30O3/c1-5-11-19-12-10-16(14(17)18)8-6-13(7-9-16)15(2,3)4/h13H,5-12H2,1-4H3,(H,17,18). The topological polar surface area (TPSA) is 46.5 Å². The van der Waals surface area contributed by atoms with Crippen LogP contribution in [-0.2, 0) is 9.53 Å². The van der Waals surface area contributed by atoms with E-state index in [1.807, 2.05) is 0 Å². The highest BCUT2D eigenvalue weighted by Crippen LogP contribution is 2.47. The fourth-order valence-electron chi connectivity index (χ4n) is 3.12. The lowest BCUT2D eigenvalue weighted by atomic mass is 9.63. The molecule has 1 fully saturated rings. The fourth-order valence-corrected chi connectivity index (χ4v) is 3.12. The minimum absolute atomic E-state index is 0.295. The number of hydrogen-bond acceptors (Lipinski definition) is 2. The van der Waals surface area contributed by atoms with Crippen molar-refractivity contribution >= 4 is 5.97 Å². The summed E-state index contributed by atoms with van der Waals surface area (Å²) in [7, 11) is 0. The van der Waals surface area contributed by atoms with E-state index in [4.69, 9.17) is 4.74 Å². The van der Waals surface area contributed by atoms with Gasteiger partial charge in [-0.3, -0.25) is 4.79 Å². The summed E-state index contributed by atoms with van der Waals surface area (Å²) in [6, 6.07) is 0. The van der Waals surface area contributed by atoms with Crippen LogP contribution in [0.4, 0.5) is 0 Å². The van der Waals surface area contributed by atoms with Crippen LogP contribution < -0.4 is 0 Å². The minimum Gasteiger partial charge on any atom is -0.481 e. The first-order valence-electron chi connectivity index (χ1n) is 7.63. The molecule has 0 spiro atoms. The van der Waals surface area contributed by atoms with E-state index in [-0.39, 0.29) is 0 Å². The molecule has 1 aliphatic rings. The van der Waals surface area contributed by atoms with Gasteiger partial charge in [0, 0.05) is 13.2 Å². The number of carbonyl (C=O) groups is 1. The second-order valence-corrected chi connectivity index (χ2v) is 7.09. The third kappa shape index (κ3) is 4.48. The van der Waals surface area contributed by atoms with E-state index in [1.54, 1.807) is 0 Å². The number of ether oxygens (including phenoxy) is 1.